The number of halogens is 1. The molecule has 0 saturated heterocycles. The van der Waals surface area contributed by atoms with E-state index in [1.165, 1.54) is 0 Å². The molecule has 23 heavy (non-hydrogen) atoms. The predicted octanol–water partition coefficient (Wildman–Crippen LogP) is 3.97. The van der Waals surface area contributed by atoms with E-state index in [9.17, 15) is 4.79 Å². The van der Waals surface area contributed by atoms with Crippen molar-refractivity contribution in [2.45, 2.75) is 13.5 Å². The fourth-order valence-corrected chi connectivity index (χ4v) is 2.28. The van der Waals surface area contributed by atoms with Crippen molar-refractivity contribution in [3.8, 4) is 5.75 Å². The van der Waals surface area contributed by atoms with Crippen LogP contribution in [0, 0.1) is 0 Å². The summed E-state index contributed by atoms with van der Waals surface area (Å²) in [7, 11) is 0. The number of hydrogen-bond donors (Lipinski definition) is 1. The van der Waals surface area contributed by atoms with Gasteiger partial charge < -0.3 is 14.5 Å². The highest BCUT2D eigenvalue weighted by atomic mass is 35.5. The zero-order valence-corrected chi connectivity index (χ0v) is 13.3. The minimum Gasteiger partial charge on any atom is -0.486 e. The molecule has 1 heterocycles. The second-order valence-electron chi connectivity index (χ2n) is 4.88. The number of aromatic amines is 1. The monoisotopic (exact) mass is 330 g/mol. The average molecular weight is 331 g/mol. The Balaban J connectivity index is 1.74. The lowest BCUT2D eigenvalue weighted by molar-refractivity contribution is 0.0526. The first-order chi connectivity index (χ1) is 11.2. The summed E-state index contributed by atoms with van der Waals surface area (Å²) in [6.45, 7) is 2.42. The molecule has 1 aromatic heterocycles. The zero-order chi connectivity index (χ0) is 16.2. The van der Waals surface area contributed by atoms with Crippen molar-refractivity contribution < 1.29 is 14.3 Å². The van der Waals surface area contributed by atoms with Crippen LogP contribution in [0.5, 0.6) is 5.75 Å². The summed E-state index contributed by atoms with van der Waals surface area (Å²) in [6, 6.07) is 12.3. The molecule has 5 nitrogen and oxygen atoms in total. The van der Waals surface area contributed by atoms with E-state index >= 15 is 0 Å². The van der Waals surface area contributed by atoms with Gasteiger partial charge in [0.1, 0.15) is 18.2 Å². The van der Waals surface area contributed by atoms with Gasteiger partial charge in [-0.15, -0.1) is 0 Å². The number of hydrogen-bond acceptors (Lipinski definition) is 4. The molecule has 0 radical (unpaired) electrons. The first-order valence-corrected chi connectivity index (χ1v) is 7.57. The molecule has 118 valence electrons. The molecule has 3 rings (SSSR count). The lowest BCUT2D eigenvalue weighted by atomic mass is 10.2. The summed E-state index contributed by atoms with van der Waals surface area (Å²) in [5.74, 6) is 1.04. The van der Waals surface area contributed by atoms with Crippen LogP contribution in [0.15, 0.2) is 42.5 Å². The number of H-pyrrole nitrogens is 1. The molecule has 0 fully saturated rings. The van der Waals surface area contributed by atoms with Gasteiger partial charge >= 0.3 is 5.97 Å². The minimum atomic E-state index is -0.344. The van der Waals surface area contributed by atoms with Crippen molar-refractivity contribution in [2.75, 3.05) is 6.61 Å². The zero-order valence-electron chi connectivity index (χ0n) is 12.5. The van der Waals surface area contributed by atoms with Crippen molar-refractivity contribution in [3.63, 3.8) is 0 Å². The Morgan fingerprint density at radius 1 is 1.22 bits per heavy atom. The highest BCUT2D eigenvalue weighted by Gasteiger charge is 2.10. The summed E-state index contributed by atoms with van der Waals surface area (Å²) in [5.41, 5.74) is 2.03. The SMILES string of the molecule is CCOC(=O)c1ccc2nc(COc3ccc(Cl)cc3)[nH]c2c1. The highest BCUT2D eigenvalue weighted by Crippen LogP contribution is 2.18. The van der Waals surface area contributed by atoms with Crippen LogP contribution in [-0.2, 0) is 11.3 Å². The number of esters is 1. The molecule has 0 amide bonds. The number of carbonyl (C=O) groups excluding carboxylic acids is 1. The van der Waals surface area contributed by atoms with E-state index in [0.717, 1.165) is 11.0 Å². The van der Waals surface area contributed by atoms with Crippen LogP contribution in [0.4, 0.5) is 0 Å². The maximum atomic E-state index is 11.7. The summed E-state index contributed by atoms with van der Waals surface area (Å²) < 4.78 is 10.6. The molecule has 2 aromatic carbocycles. The molecule has 0 bridgehead atoms. The summed E-state index contributed by atoms with van der Waals surface area (Å²) in [5, 5.41) is 0.660. The number of fused-ring (bicyclic) bond motifs is 1. The largest absolute Gasteiger partial charge is 0.486 e. The van der Waals surface area contributed by atoms with Crippen LogP contribution in [-0.4, -0.2) is 22.5 Å². The van der Waals surface area contributed by atoms with Crippen molar-refractivity contribution in [2.24, 2.45) is 0 Å². The molecule has 0 atom stereocenters. The summed E-state index contributed by atoms with van der Waals surface area (Å²) in [6.07, 6.45) is 0. The second-order valence-corrected chi connectivity index (χ2v) is 5.31. The molecular weight excluding hydrogens is 316 g/mol. The molecule has 0 saturated carbocycles. The van der Waals surface area contributed by atoms with Crippen molar-refractivity contribution in [1.82, 2.24) is 9.97 Å². The van der Waals surface area contributed by atoms with E-state index in [0.29, 0.717) is 35.4 Å². The molecular formula is C17H15ClN2O3. The quantitative estimate of drug-likeness (QED) is 0.719. The topological polar surface area (TPSA) is 64.2 Å². The van der Waals surface area contributed by atoms with Crippen LogP contribution < -0.4 is 4.74 Å². The first kappa shape index (κ1) is 15.4. The third kappa shape index (κ3) is 3.63. The van der Waals surface area contributed by atoms with Gasteiger partial charge in [0, 0.05) is 5.02 Å². The summed E-state index contributed by atoms with van der Waals surface area (Å²) >= 11 is 5.83. The van der Waals surface area contributed by atoms with Gasteiger partial charge in [0.25, 0.3) is 0 Å². The standard InChI is InChI=1S/C17H15ClN2O3/c1-2-22-17(21)11-3-8-14-15(9-11)20-16(19-14)10-23-13-6-4-12(18)5-7-13/h3-9H,2,10H2,1H3,(H,19,20). The van der Waals surface area contributed by atoms with Crippen molar-refractivity contribution in [3.05, 3.63) is 58.9 Å². The van der Waals surface area contributed by atoms with Gasteiger partial charge in [0.2, 0.25) is 0 Å². The number of carbonyl (C=O) groups is 1. The van der Waals surface area contributed by atoms with E-state index in [-0.39, 0.29) is 5.97 Å². The molecule has 0 aliphatic carbocycles. The van der Waals surface area contributed by atoms with E-state index in [1.54, 1.807) is 49.4 Å². The van der Waals surface area contributed by atoms with Crippen LogP contribution in [0.1, 0.15) is 23.1 Å². The van der Waals surface area contributed by atoms with Gasteiger partial charge in [-0.2, -0.15) is 0 Å². The normalized spacial score (nSPS) is 10.7. The number of imidazole rings is 1. The Bertz CT molecular complexity index is 827. The van der Waals surface area contributed by atoms with Crippen LogP contribution in [0.3, 0.4) is 0 Å². The van der Waals surface area contributed by atoms with E-state index in [4.69, 9.17) is 21.1 Å². The third-order valence-corrected chi connectivity index (χ3v) is 3.48. The van der Waals surface area contributed by atoms with Gasteiger partial charge in [-0.25, -0.2) is 9.78 Å². The maximum Gasteiger partial charge on any atom is 0.338 e. The smallest absolute Gasteiger partial charge is 0.338 e. The maximum absolute atomic E-state index is 11.7. The number of nitrogens with zero attached hydrogens (tertiary/aromatic N) is 1. The number of rotatable bonds is 5. The fraction of sp³-hybridized carbons (Fsp3) is 0.176. The summed E-state index contributed by atoms with van der Waals surface area (Å²) in [4.78, 5) is 19.3. The van der Waals surface area contributed by atoms with E-state index in [2.05, 4.69) is 9.97 Å². The Labute approximate surface area is 138 Å². The minimum absolute atomic E-state index is 0.297. The molecule has 0 unspecified atom stereocenters. The average Bonchev–Trinajstić information content (AvgIpc) is 2.96. The van der Waals surface area contributed by atoms with Gasteiger partial charge in [-0.05, 0) is 49.4 Å². The van der Waals surface area contributed by atoms with Crippen LogP contribution in [0.25, 0.3) is 11.0 Å². The van der Waals surface area contributed by atoms with Gasteiger partial charge in [-0.1, -0.05) is 11.6 Å². The number of benzene rings is 2. The Kier molecular flexibility index (Phi) is 4.48. The van der Waals surface area contributed by atoms with Gasteiger partial charge in [0.15, 0.2) is 0 Å². The van der Waals surface area contributed by atoms with Crippen molar-refractivity contribution >= 4 is 28.6 Å². The lowest BCUT2D eigenvalue weighted by Gasteiger charge is -2.03. The number of ether oxygens (including phenoxy) is 2. The molecule has 6 heteroatoms. The van der Waals surface area contributed by atoms with E-state index < -0.39 is 0 Å². The number of aromatic nitrogens is 2. The Morgan fingerprint density at radius 3 is 2.74 bits per heavy atom. The predicted molar refractivity (Wildman–Crippen MR) is 87.8 cm³/mol. The van der Waals surface area contributed by atoms with Gasteiger partial charge in [-0.3, -0.25) is 0 Å². The van der Waals surface area contributed by atoms with Crippen LogP contribution >= 0.6 is 11.6 Å². The highest BCUT2D eigenvalue weighted by molar-refractivity contribution is 6.30. The molecule has 1 N–H and O–H groups in total. The third-order valence-electron chi connectivity index (χ3n) is 3.23. The molecule has 3 aromatic rings. The fourth-order valence-electron chi connectivity index (χ4n) is 2.15. The lowest BCUT2D eigenvalue weighted by Crippen LogP contribution is -2.04. The molecule has 0 spiro atoms. The van der Waals surface area contributed by atoms with Gasteiger partial charge in [0.05, 0.1) is 23.2 Å². The first-order valence-electron chi connectivity index (χ1n) is 7.20. The second kappa shape index (κ2) is 6.71. The Morgan fingerprint density at radius 2 is 2.00 bits per heavy atom. The van der Waals surface area contributed by atoms with Crippen LogP contribution in [0.2, 0.25) is 5.02 Å². The van der Waals surface area contributed by atoms with E-state index in [1.807, 2.05) is 0 Å². The molecule has 0 aliphatic rings. The Hall–Kier alpha value is -2.53. The molecule has 0 aliphatic heterocycles. The van der Waals surface area contributed by atoms with Crippen molar-refractivity contribution in [1.29, 1.82) is 0 Å². The number of nitrogens with one attached hydrogen (secondary N) is 1.